The number of carboxylic acid groups (broad SMARTS) is 1. The molecule has 1 aromatic heterocycles. The molecule has 0 radical (unpaired) electrons. The maximum Gasteiger partial charge on any atom is 0.0902 e. The Morgan fingerprint density at radius 3 is 2.59 bits per heavy atom. The molecule has 0 aliphatic heterocycles. The van der Waals surface area contributed by atoms with Gasteiger partial charge in [0.05, 0.1) is 22.2 Å². The van der Waals surface area contributed by atoms with Crippen LogP contribution in [0.3, 0.4) is 0 Å². The lowest BCUT2D eigenvalue weighted by Gasteiger charge is -2.13. The molecule has 0 amide bonds. The minimum atomic E-state index is -1.24. The van der Waals surface area contributed by atoms with Gasteiger partial charge in [-0.1, -0.05) is 47.5 Å². The van der Waals surface area contributed by atoms with Crippen molar-refractivity contribution in [3.05, 3.63) is 64.2 Å². The molecule has 0 unspecified atom stereocenters. The summed E-state index contributed by atoms with van der Waals surface area (Å²) in [5.41, 5.74) is 4.21. The standard InChI is InChI=1S/C18H14ClNO2/c1-10-6-7-12(11(2)8-10)16-9-14(18(21)22)13-4-3-5-15(19)17(13)20-16/h3-9H,1-2H3,(H,21,22)/p-1. The van der Waals surface area contributed by atoms with Crippen LogP contribution in [-0.4, -0.2) is 11.0 Å². The fourth-order valence-electron chi connectivity index (χ4n) is 2.62. The van der Waals surface area contributed by atoms with Crippen LogP contribution in [0.15, 0.2) is 42.5 Å². The lowest BCUT2D eigenvalue weighted by Crippen LogP contribution is -2.22. The topological polar surface area (TPSA) is 53.0 Å². The number of para-hydroxylation sites is 1. The number of pyridine rings is 1. The van der Waals surface area contributed by atoms with E-state index < -0.39 is 5.97 Å². The molecule has 0 N–H and O–H groups in total. The molecule has 0 saturated carbocycles. The molecule has 3 nitrogen and oxygen atoms in total. The molecular formula is C18H13ClNO2-. The van der Waals surface area contributed by atoms with Crippen LogP contribution in [0.1, 0.15) is 21.5 Å². The molecule has 2 aromatic carbocycles. The van der Waals surface area contributed by atoms with E-state index >= 15 is 0 Å². The fourth-order valence-corrected chi connectivity index (χ4v) is 2.84. The highest BCUT2D eigenvalue weighted by Crippen LogP contribution is 2.30. The molecule has 22 heavy (non-hydrogen) atoms. The van der Waals surface area contributed by atoms with Crippen LogP contribution in [0.4, 0.5) is 0 Å². The highest BCUT2D eigenvalue weighted by molar-refractivity contribution is 6.35. The van der Waals surface area contributed by atoms with Crippen molar-refractivity contribution in [3.63, 3.8) is 0 Å². The van der Waals surface area contributed by atoms with Crippen molar-refractivity contribution in [3.8, 4) is 11.3 Å². The van der Waals surface area contributed by atoms with Gasteiger partial charge >= 0.3 is 0 Å². The molecule has 0 aliphatic rings. The molecule has 3 rings (SSSR count). The van der Waals surface area contributed by atoms with Crippen molar-refractivity contribution >= 4 is 28.5 Å². The Hall–Kier alpha value is -2.39. The SMILES string of the molecule is Cc1ccc(-c2cc(C(=O)[O-])c3cccc(Cl)c3n2)c(C)c1. The lowest BCUT2D eigenvalue weighted by atomic mass is 9.99. The number of hydrogen-bond acceptors (Lipinski definition) is 3. The second-order valence-electron chi connectivity index (χ2n) is 5.30. The maximum atomic E-state index is 11.5. The molecule has 110 valence electrons. The van der Waals surface area contributed by atoms with E-state index in [1.807, 2.05) is 32.0 Å². The van der Waals surface area contributed by atoms with E-state index in [9.17, 15) is 9.90 Å². The first-order valence-corrected chi connectivity index (χ1v) is 7.23. The summed E-state index contributed by atoms with van der Waals surface area (Å²) in [6.45, 7) is 3.98. The molecule has 1 heterocycles. The molecular weight excluding hydrogens is 298 g/mol. The number of carbonyl (C=O) groups excluding carboxylic acids is 1. The van der Waals surface area contributed by atoms with Crippen LogP contribution in [0.5, 0.6) is 0 Å². The third-order valence-electron chi connectivity index (χ3n) is 3.67. The van der Waals surface area contributed by atoms with Crippen LogP contribution >= 0.6 is 11.6 Å². The van der Waals surface area contributed by atoms with E-state index in [1.54, 1.807) is 24.3 Å². The van der Waals surface area contributed by atoms with Crippen LogP contribution in [-0.2, 0) is 0 Å². The van der Waals surface area contributed by atoms with Gasteiger partial charge in [-0.05, 0) is 31.5 Å². The van der Waals surface area contributed by atoms with E-state index in [0.29, 0.717) is 21.6 Å². The number of aryl methyl sites for hydroxylation is 2. The zero-order valence-corrected chi connectivity index (χ0v) is 12.9. The van der Waals surface area contributed by atoms with Gasteiger partial charge in [-0.2, -0.15) is 0 Å². The summed E-state index contributed by atoms with van der Waals surface area (Å²) in [6.07, 6.45) is 0. The second-order valence-corrected chi connectivity index (χ2v) is 5.70. The molecule has 4 heteroatoms. The van der Waals surface area contributed by atoms with Gasteiger partial charge in [0.15, 0.2) is 0 Å². The van der Waals surface area contributed by atoms with E-state index in [4.69, 9.17) is 11.6 Å². The number of rotatable bonds is 2. The molecule has 0 spiro atoms. The first-order valence-electron chi connectivity index (χ1n) is 6.85. The van der Waals surface area contributed by atoms with Gasteiger partial charge in [-0.25, -0.2) is 4.98 Å². The minimum Gasteiger partial charge on any atom is -0.545 e. The Labute approximate surface area is 133 Å². The smallest absolute Gasteiger partial charge is 0.0902 e. The summed E-state index contributed by atoms with van der Waals surface area (Å²) in [7, 11) is 0. The zero-order chi connectivity index (χ0) is 15.9. The van der Waals surface area contributed by atoms with Crippen molar-refractivity contribution < 1.29 is 9.90 Å². The van der Waals surface area contributed by atoms with E-state index in [2.05, 4.69) is 4.98 Å². The third kappa shape index (κ3) is 2.44. The van der Waals surface area contributed by atoms with Crippen LogP contribution in [0, 0.1) is 13.8 Å². The Bertz CT molecular complexity index is 903. The predicted octanol–water partition coefficient (Wildman–Crippen LogP) is 3.54. The average Bonchev–Trinajstić information content (AvgIpc) is 2.47. The Morgan fingerprint density at radius 1 is 1.14 bits per heavy atom. The molecule has 0 aliphatic carbocycles. The van der Waals surface area contributed by atoms with Gasteiger partial charge in [0.2, 0.25) is 0 Å². The first-order chi connectivity index (χ1) is 10.5. The normalized spacial score (nSPS) is 10.9. The van der Waals surface area contributed by atoms with Crippen LogP contribution in [0.25, 0.3) is 22.2 Å². The molecule has 0 fully saturated rings. The van der Waals surface area contributed by atoms with Crippen molar-refractivity contribution in [2.45, 2.75) is 13.8 Å². The zero-order valence-electron chi connectivity index (χ0n) is 12.2. The molecule has 0 bridgehead atoms. The average molecular weight is 311 g/mol. The van der Waals surface area contributed by atoms with Gasteiger partial charge in [0.25, 0.3) is 0 Å². The Kier molecular flexibility index (Phi) is 3.59. The number of benzene rings is 2. The van der Waals surface area contributed by atoms with Crippen LogP contribution in [0.2, 0.25) is 5.02 Å². The number of aromatic carboxylic acids is 1. The first kappa shape index (κ1) is 14.5. The van der Waals surface area contributed by atoms with E-state index in [-0.39, 0.29) is 5.56 Å². The van der Waals surface area contributed by atoms with Crippen molar-refractivity contribution in [2.24, 2.45) is 0 Å². The number of fused-ring (bicyclic) bond motifs is 1. The summed E-state index contributed by atoms with van der Waals surface area (Å²) < 4.78 is 0. The van der Waals surface area contributed by atoms with Gasteiger partial charge in [0.1, 0.15) is 0 Å². The van der Waals surface area contributed by atoms with Gasteiger partial charge in [0, 0.05) is 16.5 Å². The summed E-state index contributed by atoms with van der Waals surface area (Å²) in [4.78, 5) is 16.0. The third-order valence-corrected chi connectivity index (χ3v) is 3.97. The second kappa shape index (κ2) is 5.43. The lowest BCUT2D eigenvalue weighted by molar-refractivity contribution is -0.254. The quantitative estimate of drug-likeness (QED) is 0.727. The Balaban J connectivity index is 2.36. The highest BCUT2D eigenvalue weighted by atomic mass is 35.5. The van der Waals surface area contributed by atoms with Gasteiger partial charge in [-0.15, -0.1) is 0 Å². The fraction of sp³-hybridized carbons (Fsp3) is 0.111. The summed E-state index contributed by atoms with van der Waals surface area (Å²) in [5.74, 6) is -1.24. The summed E-state index contributed by atoms with van der Waals surface area (Å²) in [5, 5.41) is 12.4. The van der Waals surface area contributed by atoms with Crippen molar-refractivity contribution in [2.75, 3.05) is 0 Å². The minimum absolute atomic E-state index is 0.0995. The largest absolute Gasteiger partial charge is 0.545 e. The predicted molar refractivity (Wildman–Crippen MR) is 86.0 cm³/mol. The number of carbonyl (C=O) groups is 1. The van der Waals surface area contributed by atoms with Crippen molar-refractivity contribution in [1.82, 2.24) is 4.98 Å². The Morgan fingerprint density at radius 2 is 1.91 bits per heavy atom. The number of aromatic nitrogens is 1. The van der Waals surface area contributed by atoms with Gasteiger partial charge in [-0.3, -0.25) is 0 Å². The molecule has 0 atom stereocenters. The monoisotopic (exact) mass is 310 g/mol. The number of carboxylic acids is 1. The summed E-state index contributed by atoms with van der Waals surface area (Å²) in [6, 6.07) is 12.6. The highest BCUT2D eigenvalue weighted by Gasteiger charge is 2.12. The van der Waals surface area contributed by atoms with E-state index in [0.717, 1.165) is 16.7 Å². The van der Waals surface area contributed by atoms with Gasteiger partial charge < -0.3 is 9.90 Å². The van der Waals surface area contributed by atoms with E-state index in [1.165, 1.54) is 0 Å². The number of halogens is 1. The van der Waals surface area contributed by atoms with Crippen LogP contribution < -0.4 is 5.11 Å². The maximum absolute atomic E-state index is 11.5. The summed E-state index contributed by atoms with van der Waals surface area (Å²) >= 11 is 6.18. The molecule has 0 saturated heterocycles. The molecule has 3 aromatic rings. The number of nitrogens with zero attached hydrogens (tertiary/aromatic N) is 1. The number of hydrogen-bond donors (Lipinski definition) is 0. The van der Waals surface area contributed by atoms with Crippen molar-refractivity contribution in [1.29, 1.82) is 0 Å².